The van der Waals surface area contributed by atoms with Crippen LogP contribution in [0.15, 0.2) is 36.5 Å². The van der Waals surface area contributed by atoms with E-state index in [1.807, 2.05) is 30.0 Å². The SMILES string of the molecule is Cc1ccc2nccc(N3CC[C@@](O)(CNC(=O)/C=C/C(=O)O)C3)c2n1. The summed E-state index contributed by atoms with van der Waals surface area (Å²) >= 11 is 0. The Morgan fingerprint density at radius 1 is 1.35 bits per heavy atom. The van der Waals surface area contributed by atoms with Crippen molar-refractivity contribution < 1.29 is 19.8 Å². The van der Waals surface area contributed by atoms with Gasteiger partial charge in [-0.25, -0.2) is 9.78 Å². The molecule has 1 aliphatic rings. The number of hydrogen-bond acceptors (Lipinski definition) is 6. The summed E-state index contributed by atoms with van der Waals surface area (Å²) in [5.41, 5.74) is 2.26. The van der Waals surface area contributed by atoms with E-state index in [1.165, 1.54) is 0 Å². The number of anilines is 1. The topological polar surface area (TPSA) is 116 Å². The van der Waals surface area contributed by atoms with Gasteiger partial charge in [-0.2, -0.15) is 0 Å². The number of aryl methyl sites for hydroxylation is 1. The molecular formula is C18H20N4O4. The largest absolute Gasteiger partial charge is 0.478 e. The predicted octanol–water partition coefficient (Wildman–Crippen LogP) is 0.636. The van der Waals surface area contributed by atoms with E-state index in [0.29, 0.717) is 19.5 Å². The van der Waals surface area contributed by atoms with E-state index in [4.69, 9.17) is 5.11 Å². The van der Waals surface area contributed by atoms with Gasteiger partial charge >= 0.3 is 5.97 Å². The summed E-state index contributed by atoms with van der Waals surface area (Å²) in [4.78, 5) is 32.9. The van der Waals surface area contributed by atoms with Crippen LogP contribution in [0.25, 0.3) is 11.0 Å². The Kier molecular flexibility index (Phi) is 4.85. The minimum Gasteiger partial charge on any atom is -0.478 e. The van der Waals surface area contributed by atoms with Crippen molar-refractivity contribution in [1.82, 2.24) is 15.3 Å². The first-order valence-corrected chi connectivity index (χ1v) is 8.25. The third-order valence-corrected chi connectivity index (χ3v) is 4.34. The number of aliphatic hydroxyl groups is 1. The molecular weight excluding hydrogens is 336 g/mol. The molecule has 0 radical (unpaired) electrons. The van der Waals surface area contributed by atoms with Gasteiger partial charge in [0.05, 0.1) is 11.2 Å². The Balaban J connectivity index is 1.71. The molecule has 8 heteroatoms. The van der Waals surface area contributed by atoms with Crippen LogP contribution in [-0.4, -0.2) is 57.3 Å². The molecule has 8 nitrogen and oxygen atoms in total. The normalized spacial score (nSPS) is 20.0. The molecule has 1 fully saturated rings. The molecule has 0 aromatic carbocycles. The van der Waals surface area contributed by atoms with E-state index < -0.39 is 17.5 Å². The van der Waals surface area contributed by atoms with Crippen LogP contribution in [0.3, 0.4) is 0 Å². The summed E-state index contributed by atoms with van der Waals surface area (Å²) in [5, 5.41) is 21.8. The van der Waals surface area contributed by atoms with Gasteiger partial charge in [-0.1, -0.05) is 0 Å². The van der Waals surface area contributed by atoms with Crippen molar-refractivity contribution in [3.05, 3.63) is 42.2 Å². The molecule has 0 bridgehead atoms. The predicted molar refractivity (Wildman–Crippen MR) is 95.8 cm³/mol. The molecule has 136 valence electrons. The van der Waals surface area contributed by atoms with Crippen LogP contribution in [0.2, 0.25) is 0 Å². The average Bonchev–Trinajstić information content (AvgIpc) is 3.00. The van der Waals surface area contributed by atoms with E-state index in [0.717, 1.165) is 34.6 Å². The first-order valence-electron chi connectivity index (χ1n) is 8.25. The zero-order valence-electron chi connectivity index (χ0n) is 14.3. The second-order valence-corrected chi connectivity index (χ2v) is 6.44. The minimum atomic E-state index is -1.20. The number of β-amino-alcohol motifs (C(OH)–C–C–N with tert-alkyl or cyclic N) is 1. The summed E-state index contributed by atoms with van der Waals surface area (Å²) in [7, 11) is 0. The Morgan fingerprint density at radius 2 is 2.15 bits per heavy atom. The number of pyridine rings is 2. The van der Waals surface area contributed by atoms with Crippen LogP contribution in [-0.2, 0) is 9.59 Å². The maximum Gasteiger partial charge on any atom is 0.328 e. The lowest BCUT2D eigenvalue weighted by Crippen LogP contribution is -2.44. The molecule has 1 amide bonds. The summed E-state index contributed by atoms with van der Waals surface area (Å²) in [6.07, 6.45) is 3.88. The monoisotopic (exact) mass is 356 g/mol. The molecule has 0 unspecified atom stereocenters. The average molecular weight is 356 g/mol. The molecule has 0 spiro atoms. The summed E-state index contributed by atoms with van der Waals surface area (Å²) in [6.45, 7) is 2.91. The second-order valence-electron chi connectivity index (χ2n) is 6.44. The van der Waals surface area contributed by atoms with Crippen molar-refractivity contribution in [3.8, 4) is 0 Å². The van der Waals surface area contributed by atoms with Crippen molar-refractivity contribution in [2.75, 3.05) is 24.5 Å². The van der Waals surface area contributed by atoms with E-state index in [-0.39, 0.29) is 6.54 Å². The van der Waals surface area contributed by atoms with Crippen LogP contribution in [0.1, 0.15) is 12.1 Å². The van der Waals surface area contributed by atoms with E-state index in [9.17, 15) is 14.7 Å². The molecule has 3 rings (SSSR count). The van der Waals surface area contributed by atoms with Crippen molar-refractivity contribution in [2.24, 2.45) is 0 Å². The molecule has 0 aliphatic carbocycles. The molecule has 1 saturated heterocycles. The van der Waals surface area contributed by atoms with E-state index in [2.05, 4.69) is 15.3 Å². The van der Waals surface area contributed by atoms with Crippen molar-refractivity contribution in [2.45, 2.75) is 18.9 Å². The third kappa shape index (κ3) is 3.97. The number of aromatic nitrogens is 2. The number of amides is 1. The number of carbonyl (C=O) groups excluding carboxylic acids is 1. The van der Waals surface area contributed by atoms with Crippen molar-refractivity contribution in [1.29, 1.82) is 0 Å². The smallest absolute Gasteiger partial charge is 0.328 e. The van der Waals surface area contributed by atoms with Crippen LogP contribution in [0.4, 0.5) is 5.69 Å². The maximum absolute atomic E-state index is 11.6. The van der Waals surface area contributed by atoms with E-state index in [1.54, 1.807) is 6.20 Å². The van der Waals surface area contributed by atoms with Gasteiger partial charge in [0.1, 0.15) is 11.1 Å². The number of fused-ring (bicyclic) bond motifs is 1. The Hall–Kier alpha value is -3.00. The van der Waals surface area contributed by atoms with Crippen LogP contribution in [0, 0.1) is 6.92 Å². The third-order valence-electron chi connectivity index (χ3n) is 4.34. The van der Waals surface area contributed by atoms with Gasteiger partial charge in [0.25, 0.3) is 0 Å². The number of rotatable bonds is 5. The number of carboxylic acids is 1. The second kappa shape index (κ2) is 7.09. The molecule has 1 aliphatic heterocycles. The van der Waals surface area contributed by atoms with E-state index >= 15 is 0 Å². The number of nitrogens with zero attached hydrogens (tertiary/aromatic N) is 3. The number of hydrogen-bond donors (Lipinski definition) is 3. The van der Waals surface area contributed by atoms with Crippen LogP contribution < -0.4 is 10.2 Å². The van der Waals surface area contributed by atoms with Gasteiger partial charge in [0, 0.05) is 43.7 Å². The summed E-state index contributed by atoms with van der Waals surface area (Å²) in [6, 6.07) is 5.69. The van der Waals surface area contributed by atoms with Gasteiger partial charge < -0.3 is 20.4 Å². The highest BCUT2D eigenvalue weighted by Crippen LogP contribution is 2.30. The van der Waals surface area contributed by atoms with Gasteiger partial charge in [-0.3, -0.25) is 9.78 Å². The summed E-state index contributed by atoms with van der Waals surface area (Å²) < 4.78 is 0. The highest BCUT2D eigenvalue weighted by Gasteiger charge is 2.37. The van der Waals surface area contributed by atoms with Gasteiger partial charge in [-0.05, 0) is 31.5 Å². The van der Waals surface area contributed by atoms with Gasteiger partial charge in [0.2, 0.25) is 5.91 Å². The molecule has 2 aromatic rings. The molecule has 3 heterocycles. The fraction of sp³-hybridized carbons (Fsp3) is 0.333. The molecule has 1 atom stereocenters. The lowest BCUT2D eigenvalue weighted by Gasteiger charge is -2.25. The van der Waals surface area contributed by atoms with Crippen LogP contribution in [0.5, 0.6) is 0 Å². The minimum absolute atomic E-state index is 0.0434. The molecule has 0 saturated carbocycles. The Bertz CT molecular complexity index is 883. The first-order chi connectivity index (χ1) is 12.4. The highest BCUT2D eigenvalue weighted by atomic mass is 16.4. The Labute approximate surface area is 150 Å². The zero-order chi connectivity index (χ0) is 18.7. The lowest BCUT2D eigenvalue weighted by atomic mass is 10.0. The number of nitrogens with one attached hydrogen (secondary N) is 1. The standard InChI is InChI=1S/C18H20N4O4/c1-12-2-3-13-17(21-12)14(6-8-19-13)22-9-7-18(26,11-22)10-20-15(23)4-5-16(24)25/h2-6,8,26H,7,9-11H2,1H3,(H,20,23)(H,24,25)/b5-4+/t18-/m1/s1. The lowest BCUT2D eigenvalue weighted by molar-refractivity contribution is -0.131. The number of carbonyl (C=O) groups is 2. The summed E-state index contributed by atoms with van der Waals surface area (Å²) in [5.74, 6) is -1.75. The maximum atomic E-state index is 11.6. The highest BCUT2D eigenvalue weighted by molar-refractivity contribution is 5.94. The molecule has 26 heavy (non-hydrogen) atoms. The fourth-order valence-corrected chi connectivity index (χ4v) is 3.03. The van der Waals surface area contributed by atoms with Crippen LogP contribution >= 0.6 is 0 Å². The molecule has 2 aromatic heterocycles. The number of carboxylic acid groups (broad SMARTS) is 1. The van der Waals surface area contributed by atoms with Gasteiger partial charge in [0.15, 0.2) is 0 Å². The van der Waals surface area contributed by atoms with Gasteiger partial charge in [-0.15, -0.1) is 0 Å². The zero-order valence-corrected chi connectivity index (χ0v) is 14.3. The van der Waals surface area contributed by atoms with Crippen molar-refractivity contribution in [3.63, 3.8) is 0 Å². The first kappa shape index (κ1) is 17.8. The quantitative estimate of drug-likeness (QED) is 0.673. The number of aliphatic carboxylic acids is 1. The Morgan fingerprint density at radius 3 is 2.92 bits per heavy atom. The fourth-order valence-electron chi connectivity index (χ4n) is 3.03. The van der Waals surface area contributed by atoms with Crippen molar-refractivity contribution >= 4 is 28.6 Å². The molecule has 3 N–H and O–H groups in total.